The fourth-order valence-electron chi connectivity index (χ4n) is 0. The second-order valence-corrected chi connectivity index (χ2v) is 0. The summed E-state index contributed by atoms with van der Waals surface area (Å²) in [4.78, 5) is 0. The first-order chi connectivity index (χ1) is 0. The molecule has 0 unspecified atom stereocenters. The van der Waals surface area contributed by atoms with Gasteiger partial charge >= 0.3 is 61.8 Å². The van der Waals surface area contributed by atoms with E-state index < -0.39 is 0 Å². The molecule has 11 heavy (non-hydrogen) atoms. The molecule has 11 heteroatoms. The Hall–Kier alpha value is 4.32. The molecule has 0 aliphatic rings. The molecule has 0 aliphatic heterocycles. The third kappa shape index (κ3) is 116. The Bertz CT molecular complexity index is 14.1. The van der Waals surface area contributed by atoms with Crippen LogP contribution in [-0.2, 0) is 38.8 Å². The molecule has 0 saturated heterocycles. The summed E-state index contributed by atoms with van der Waals surface area (Å²) in [6.45, 7) is 0. The molecule has 0 N–H and O–H groups in total. The number of rotatable bonds is 0. The van der Waals surface area contributed by atoms with Crippen molar-refractivity contribution in [3.63, 3.8) is 0 Å². The normalized spacial score (nSPS) is 0. The van der Waals surface area contributed by atoms with Crippen molar-refractivity contribution in [3.8, 4) is 0 Å². The average molecular weight is 412 g/mol. The Balaban J connectivity index is 0. The summed E-state index contributed by atoms with van der Waals surface area (Å²) in [6.07, 6.45) is 0. The van der Waals surface area contributed by atoms with Gasteiger partial charge in [0.15, 0.2) is 0 Å². The van der Waals surface area contributed by atoms with Gasteiger partial charge in [0, 0.05) is 0 Å². The minimum absolute atomic E-state index is 0. The number of hydrogen-bond acceptors (Lipinski definition) is 0. The van der Waals surface area contributed by atoms with Gasteiger partial charge in [-0.1, -0.05) is 0 Å². The average Bonchev–Trinajstić information content (AvgIpc) is 0. The third-order valence-electron chi connectivity index (χ3n) is 0. The standard InChI is InChI=1S/8ClH.Fe.Mg.Ti/h8*1H;;;/q;;;;;;;;2*+2;+4/p-8. The van der Waals surface area contributed by atoms with Crippen LogP contribution in [0.5, 0.6) is 0 Å². The first-order valence-electron chi connectivity index (χ1n) is 0. The van der Waals surface area contributed by atoms with Gasteiger partial charge in [-0.05, 0) is 0 Å². The molecule has 0 spiro atoms. The Morgan fingerprint density at radius 2 is 0.364 bits per heavy atom. The maximum absolute atomic E-state index is 0. The molecule has 0 aromatic carbocycles. The van der Waals surface area contributed by atoms with Crippen LogP contribution in [0.3, 0.4) is 0 Å². The van der Waals surface area contributed by atoms with E-state index in [1.807, 2.05) is 0 Å². The van der Waals surface area contributed by atoms with E-state index in [9.17, 15) is 0 Å². The monoisotopic (exact) mass is 408 g/mol. The van der Waals surface area contributed by atoms with Crippen LogP contribution in [-0.4, -0.2) is 23.1 Å². The Kier molecular flexibility index (Phi) is 2080. The molecule has 0 rings (SSSR count). The van der Waals surface area contributed by atoms with Crippen LogP contribution in [0.1, 0.15) is 0 Å². The SMILES string of the molecule is [Cl-].[Cl-].[Cl-].[Cl-].[Cl-].[Cl-].[Cl-].[Cl-].[Fe+2].[Mg+2].[Ti+4]. The van der Waals surface area contributed by atoms with Crippen LogP contribution in [0, 0.1) is 0 Å². The van der Waals surface area contributed by atoms with Crippen LogP contribution in [0.25, 0.3) is 0 Å². The summed E-state index contributed by atoms with van der Waals surface area (Å²) in [7, 11) is 0. The van der Waals surface area contributed by atoms with Gasteiger partial charge in [0.1, 0.15) is 0 Å². The quantitative estimate of drug-likeness (QED) is 0.348. The molecule has 0 aromatic heterocycles. The van der Waals surface area contributed by atoms with Crippen molar-refractivity contribution in [2.75, 3.05) is 0 Å². The zero-order valence-electron chi connectivity index (χ0n) is 4.58. The van der Waals surface area contributed by atoms with Crippen molar-refractivity contribution in [1.29, 1.82) is 0 Å². The van der Waals surface area contributed by atoms with Crippen LogP contribution < -0.4 is 99.3 Å². The molecule has 0 nitrogen and oxygen atoms in total. The Labute approximate surface area is 158 Å². The first kappa shape index (κ1) is 168. The van der Waals surface area contributed by atoms with Gasteiger partial charge in [-0.15, -0.1) is 0 Å². The van der Waals surface area contributed by atoms with Crippen molar-refractivity contribution in [2.24, 2.45) is 0 Å². The van der Waals surface area contributed by atoms with E-state index in [0.29, 0.717) is 0 Å². The fraction of sp³-hybridized carbons (Fsp3) is 0. The largest absolute Gasteiger partial charge is 4.00 e. The molecule has 0 radical (unpaired) electrons. The van der Waals surface area contributed by atoms with Crippen molar-refractivity contribution >= 4 is 23.1 Å². The van der Waals surface area contributed by atoms with Gasteiger partial charge in [0.2, 0.25) is 0 Å². The van der Waals surface area contributed by atoms with E-state index >= 15 is 0 Å². The number of halogens is 8. The van der Waals surface area contributed by atoms with Crippen LogP contribution >= 0.6 is 0 Å². The smallest absolute Gasteiger partial charge is 1.00 e. The molecule has 0 fully saturated rings. The topological polar surface area (TPSA) is 0 Å². The zero-order valence-corrected chi connectivity index (χ0v) is 14.7. The zero-order chi connectivity index (χ0) is 0. The second kappa shape index (κ2) is 136. The molecule has 0 saturated carbocycles. The third-order valence-corrected chi connectivity index (χ3v) is 0. The van der Waals surface area contributed by atoms with E-state index in [-0.39, 0.29) is 161 Å². The fourth-order valence-corrected chi connectivity index (χ4v) is 0. The number of hydrogen-bond donors (Lipinski definition) is 0. The minimum Gasteiger partial charge on any atom is -1.00 e. The molecule has 0 aromatic rings. The van der Waals surface area contributed by atoms with Crippen molar-refractivity contribution in [1.82, 2.24) is 0 Å². The van der Waals surface area contributed by atoms with Crippen LogP contribution in [0.15, 0.2) is 0 Å². The Morgan fingerprint density at radius 3 is 0.364 bits per heavy atom. The summed E-state index contributed by atoms with van der Waals surface area (Å²) < 4.78 is 0. The minimum atomic E-state index is 0. The molecule has 0 heterocycles. The van der Waals surface area contributed by atoms with E-state index in [1.54, 1.807) is 0 Å². The van der Waals surface area contributed by atoms with Gasteiger partial charge < -0.3 is 99.3 Å². The maximum Gasteiger partial charge on any atom is 4.00 e. The molecule has 0 aliphatic carbocycles. The van der Waals surface area contributed by atoms with Gasteiger partial charge in [0.25, 0.3) is 0 Å². The van der Waals surface area contributed by atoms with Crippen molar-refractivity contribution in [2.45, 2.75) is 0 Å². The summed E-state index contributed by atoms with van der Waals surface area (Å²) >= 11 is 0. The van der Waals surface area contributed by atoms with Crippen molar-refractivity contribution in [3.05, 3.63) is 0 Å². The predicted octanol–water partition coefficient (Wildman–Crippen LogP) is -24.4. The Morgan fingerprint density at radius 1 is 0.364 bits per heavy atom. The van der Waals surface area contributed by atoms with Gasteiger partial charge in [0.05, 0.1) is 0 Å². The van der Waals surface area contributed by atoms with E-state index in [0.717, 1.165) is 0 Å². The maximum atomic E-state index is 0. The van der Waals surface area contributed by atoms with Gasteiger partial charge in [-0.3, -0.25) is 0 Å². The van der Waals surface area contributed by atoms with Crippen LogP contribution in [0.4, 0.5) is 0 Å². The molecular weight excluding hydrogens is 412 g/mol. The van der Waals surface area contributed by atoms with Gasteiger partial charge in [-0.2, -0.15) is 0 Å². The second-order valence-electron chi connectivity index (χ2n) is 0. The van der Waals surface area contributed by atoms with Crippen molar-refractivity contribution < 1.29 is 138 Å². The summed E-state index contributed by atoms with van der Waals surface area (Å²) in [5.74, 6) is 0. The molecule has 0 atom stereocenters. The molecule has 70 valence electrons. The predicted molar refractivity (Wildman–Crippen MR) is 5.75 cm³/mol. The first-order valence-corrected chi connectivity index (χ1v) is 0. The van der Waals surface area contributed by atoms with E-state index in [4.69, 9.17) is 0 Å². The molecule has 0 amide bonds. The summed E-state index contributed by atoms with van der Waals surface area (Å²) in [5.41, 5.74) is 0. The van der Waals surface area contributed by atoms with Gasteiger partial charge in [-0.25, -0.2) is 0 Å². The summed E-state index contributed by atoms with van der Waals surface area (Å²) in [5, 5.41) is 0. The van der Waals surface area contributed by atoms with E-state index in [2.05, 4.69) is 0 Å². The molecular formula is Cl8FeMgTi. The van der Waals surface area contributed by atoms with Crippen LogP contribution in [0.2, 0.25) is 0 Å². The summed E-state index contributed by atoms with van der Waals surface area (Å²) in [6, 6.07) is 0. The van der Waals surface area contributed by atoms with E-state index in [1.165, 1.54) is 0 Å². The molecule has 0 bridgehead atoms.